The van der Waals surface area contributed by atoms with Gasteiger partial charge in [-0.2, -0.15) is 0 Å². The molecule has 2 atom stereocenters. The lowest BCUT2D eigenvalue weighted by molar-refractivity contribution is -0.149. The van der Waals surface area contributed by atoms with E-state index in [0.29, 0.717) is 30.3 Å². The Balaban J connectivity index is 1.36. The van der Waals surface area contributed by atoms with E-state index in [1.165, 1.54) is 0 Å². The summed E-state index contributed by atoms with van der Waals surface area (Å²) in [6.07, 6.45) is 3.28. The second kappa shape index (κ2) is 9.77. The predicted octanol–water partition coefficient (Wildman–Crippen LogP) is 4.27. The van der Waals surface area contributed by atoms with Crippen LogP contribution in [0.15, 0.2) is 60.9 Å². The number of carbonyl (C=O) groups excluding carboxylic acids is 1. The molecule has 1 aliphatic rings. The molecule has 2 N–H and O–H groups in total. The Morgan fingerprint density at radius 3 is 2.77 bits per heavy atom. The van der Waals surface area contributed by atoms with Crippen LogP contribution in [0.2, 0.25) is 5.02 Å². The fourth-order valence-electron chi connectivity index (χ4n) is 4.79. The van der Waals surface area contributed by atoms with Crippen molar-refractivity contribution in [1.29, 1.82) is 0 Å². The molecule has 0 aliphatic carbocycles. The van der Waals surface area contributed by atoms with Crippen molar-refractivity contribution in [3.05, 3.63) is 77.2 Å². The SMILES string of the molecule is CO[C@H](C)C1C(=O)N(Cc2ccc3c(N)ccnc3c2)CCN1Cc1cc2ccc(Cl)cc2cn1. The maximum Gasteiger partial charge on any atom is 0.242 e. The summed E-state index contributed by atoms with van der Waals surface area (Å²) < 4.78 is 5.63. The number of nitrogens with two attached hydrogens (primary N) is 1. The number of rotatable bonds is 6. The summed E-state index contributed by atoms with van der Waals surface area (Å²) in [7, 11) is 1.65. The molecule has 0 bridgehead atoms. The lowest BCUT2D eigenvalue weighted by Crippen LogP contribution is -2.60. The molecule has 1 aliphatic heterocycles. The van der Waals surface area contributed by atoms with Gasteiger partial charge in [-0.15, -0.1) is 0 Å². The van der Waals surface area contributed by atoms with Crippen LogP contribution >= 0.6 is 11.6 Å². The number of aromatic nitrogens is 2. The minimum absolute atomic E-state index is 0.0544. The molecule has 1 amide bonds. The molecule has 2 aromatic heterocycles. The van der Waals surface area contributed by atoms with Crippen LogP contribution in [-0.2, 0) is 22.6 Å². The summed E-state index contributed by atoms with van der Waals surface area (Å²) in [6.45, 7) is 4.37. The van der Waals surface area contributed by atoms with E-state index in [4.69, 9.17) is 22.1 Å². The van der Waals surface area contributed by atoms with E-state index in [-0.39, 0.29) is 12.0 Å². The minimum atomic E-state index is -0.398. The van der Waals surface area contributed by atoms with Crippen molar-refractivity contribution in [3.63, 3.8) is 0 Å². The number of anilines is 1. The Morgan fingerprint density at radius 2 is 1.94 bits per heavy atom. The maximum atomic E-state index is 13.6. The standard InChI is InChI=1S/C27H28ClN5O2/c1-17(35-2)26-27(34)33(15-18-3-6-23-24(29)7-8-30-25(23)11-18)10-9-32(26)16-22-13-19-4-5-21(28)12-20(19)14-31-22/h3-8,11-14,17,26H,9-10,15-16H2,1-2H3,(H2,29,30)/t17-,26?/m1/s1. The third-order valence-corrected chi connectivity index (χ3v) is 6.99. The summed E-state index contributed by atoms with van der Waals surface area (Å²) in [5.41, 5.74) is 9.53. The highest BCUT2D eigenvalue weighted by molar-refractivity contribution is 6.31. The van der Waals surface area contributed by atoms with E-state index in [9.17, 15) is 4.79 Å². The average Bonchev–Trinajstić information content (AvgIpc) is 2.85. The first-order chi connectivity index (χ1) is 16.9. The highest BCUT2D eigenvalue weighted by atomic mass is 35.5. The van der Waals surface area contributed by atoms with Crippen LogP contribution in [0.5, 0.6) is 0 Å². The number of fused-ring (bicyclic) bond motifs is 2. The lowest BCUT2D eigenvalue weighted by Gasteiger charge is -2.42. The van der Waals surface area contributed by atoms with Gasteiger partial charge in [-0.25, -0.2) is 0 Å². The molecule has 0 radical (unpaired) electrons. The number of hydrogen-bond acceptors (Lipinski definition) is 6. The number of hydrogen-bond donors (Lipinski definition) is 1. The smallest absolute Gasteiger partial charge is 0.242 e. The Kier molecular flexibility index (Phi) is 6.56. The van der Waals surface area contributed by atoms with Gasteiger partial charge in [-0.05, 0) is 48.2 Å². The Labute approximate surface area is 209 Å². The summed E-state index contributed by atoms with van der Waals surface area (Å²) >= 11 is 6.11. The molecular formula is C27H28ClN5O2. The fraction of sp³-hybridized carbons (Fsp3) is 0.296. The Morgan fingerprint density at radius 1 is 1.09 bits per heavy atom. The zero-order valence-electron chi connectivity index (χ0n) is 19.8. The van der Waals surface area contributed by atoms with Crippen molar-refractivity contribution >= 4 is 44.9 Å². The molecule has 0 saturated carbocycles. The first-order valence-electron chi connectivity index (χ1n) is 11.7. The van der Waals surface area contributed by atoms with Gasteiger partial charge in [0.05, 0.1) is 17.3 Å². The summed E-state index contributed by atoms with van der Waals surface area (Å²) in [4.78, 5) is 26.8. The summed E-state index contributed by atoms with van der Waals surface area (Å²) in [6, 6.07) is 15.2. The van der Waals surface area contributed by atoms with Gasteiger partial charge < -0.3 is 15.4 Å². The number of pyridine rings is 2. The fourth-order valence-corrected chi connectivity index (χ4v) is 4.97. The summed E-state index contributed by atoms with van der Waals surface area (Å²) in [5, 5.41) is 3.68. The van der Waals surface area contributed by atoms with Gasteiger partial charge in [0, 0.05) is 67.2 Å². The third-order valence-electron chi connectivity index (χ3n) is 6.75. The van der Waals surface area contributed by atoms with Gasteiger partial charge >= 0.3 is 0 Å². The number of ether oxygens (including phenoxy) is 1. The van der Waals surface area contributed by atoms with Crippen LogP contribution in [-0.4, -0.2) is 58.0 Å². The maximum absolute atomic E-state index is 13.6. The monoisotopic (exact) mass is 489 g/mol. The predicted molar refractivity (Wildman–Crippen MR) is 139 cm³/mol. The molecule has 2 aromatic carbocycles. The van der Waals surface area contributed by atoms with Gasteiger partial charge in [0.2, 0.25) is 5.91 Å². The average molecular weight is 490 g/mol. The Hall–Kier alpha value is -3.26. The van der Waals surface area contributed by atoms with Gasteiger partial charge in [-0.3, -0.25) is 19.7 Å². The number of amides is 1. The van der Waals surface area contributed by atoms with E-state index in [2.05, 4.69) is 20.9 Å². The topological polar surface area (TPSA) is 84.6 Å². The van der Waals surface area contributed by atoms with Crippen LogP contribution in [0.4, 0.5) is 5.69 Å². The lowest BCUT2D eigenvalue weighted by atomic mass is 10.0. The highest BCUT2D eigenvalue weighted by Gasteiger charge is 2.38. The molecule has 8 heteroatoms. The molecule has 4 aromatic rings. The van der Waals surface area contributed by atoms with Gasteiger partial charge in [0.25, 0.3) is 0 Å². The van der Waals surface area contributed by atoms with Crippen molar-refractivity contribution < 1.29 is 9.53 Å². The van der Waals surface area contributed by atoms with Gasteiger partial charge in [0.15, 0.2) is 0 Å². The van der Waals surface area contributed by atoms with Gasteiger partial charge in [-0.1, -0.05) is 29.8 Å². The van der Waals surface area contributed by atoms with E-state index < -0.39 is 6.04 Å². The zero-order chi connectivity index (χ0) is 24.5. The Bertz CT molecular complexity index is 1390. The second-order valence-corrected chi connectivity index (χ2v) is 9.47. The van der Waals surface area contributed by atoms with Crippen LogP contribution in [0.25, 0.3) is 21.7 Å². The van der Waals surface area contributed by atoms with Gasteiger partial charge in [0.1, 0.15) is 6.04 Å². The number of nitrogen functional groups attached to an aromatic ring is 1. The molecular weight excluding hydrogens is 462 g/mol. The molecule has 3 heterocycles. The van der Waals surface area contributed by atoms with Crippen molar-refractivity contribution in [2.75, 3.05) is 25.9 Å². The number of methoxy groups -OCH3 is 1. The van der Waals surface area contributed by atoms with Crippen molar-refractivity contribution in [2.24, 2.45) is 0 Å². The van der Waals surface area contributed by atoms with Crippen molar-refractivity contribution in [2.45, 2.75) is 32.2 Å². The van der Waals surface area contributed by atoms with Crippen LogP contribution < -0.4 is 5.73 Å². The molecule has 1 saturated heterocycles. The van der Waals surface area contributed by atoms with Crippen LogP contribution in [0.1, 0.15) is 18.2 Å². The first kappa shape index (κ1) is 23.5. The molecule has 180 valence electrons. The normalized spacial score (nSPS) is 17.9. The molecule has 1 fully saturated rings. The zero-order valence-corrected chi connectivity index (χ0v) is 20.6. The second-order valence-electron chi connectivity index (χ2n) is 9.03. The largest absolute Gasteiger partial charge is 0.398 e. The first-order valence-corrected chi connectivity index (χ1v) is 12.0. The van der Waals surface area contributed by atoms with Crippen LogP contribution in [0, 0.1) is 0 Å². The molecule has 1 unspecified atom stereocenters. The van der Waals surface area contributed by atoms with E-state index >= 15 is 0 Å². The van der Waals surface area contributed by atoms with Crippen molar-refractivity contribution in [1.82, 2.24) is 19.8 Å². The number of piperazine rings is 1. The highest BCUT2D eigenvalue weighted by Crippen LogP contribution is 2.25. The van der Waals surface area contributed by atoms with E-state index in [1.807, 2.05) is 54.4 Å². The summed E-state index contributed by atoms with van der Waals surface area (Å²) in [5.74, 6) is 0.0544. The molecule has 35 heavy (non-hydrogen) atoms. The third kappa shape index (κ3) is 4.80. The molecule has 5 rings (SSSR count). The molecule has 7 nitrogen and oxygen atoms in total. The van der Waals surface area contributed by atoms with E-state index in [0.717, 1.165) is 39.5 Å². The number of benzene rings is 2. The van der Waals surface area contributed by atoms with Crippen LogP contribution in [0.3, 0.4) is 0 Å². The quantitative estimate of drug-likeness (QED) is 0.435. The number of carbonyl (C=O) groups is 1. The minimum Gasteiger partial charge on any atom is -0.398 e. The number of halogens is 1. The number of nitrogens with zero attached hydrogens (tertiary/aromatic N) is 4. The molecule has 0 spiro atoms. The van der Waals surface area contributed by atoms with E-state index in [1.54, 1.807) is 19.4 Å². The van der Waals surface area contributed by atoms with Crippen molar-refractivity contribution in [3.8, 4) is 0 Å².